The average molecular weight is 331 g/mol. The van der Waals surface area contributed by atoms with Crippen LogP contribution in [0.25, 0.3) is 10.9 Å². The summed E-state index contributed by atoms with van der Waals surface area (Å²) in [7, 11) is 1.71. The maximum absolute atomic E-state index is 12.4. The number of carbonyl (C=O) groups excluding carboxylic acids is 1. The Labute approximate surface area is 139 Å². The van der Waals surface area contributed by atoms with E-state index in [1.165, 1.54) is 29.2 Å². The van der Waals surface area contributed by atoms with Crippen molar-refractivity contribution in [3.63, 3.8) is 0 Å². The number of nitrogens with zero attached hydrogens (tertiary/aromatic N) is 3. The third-order valence-electron chi connectivity index (χ3n) is 4.23. The number of hydrogen-bond acceptors (Lipinski definition) is 4. The summed E-state index contributed by atoms with van der Waals surface area (Å²) in [6.45, 7) is 1.70. The van der Waals surface area contributed by atoms with Crippen LogP contribution in [0.4, 0.5) is 0 Å². The van der Waals surface area contributed by atoms with Gasteiger partial charge in [-0.2, -0.15) is 0 Å². The molecular weight excluding hydrogens is 310 g/mol. The highest BCUT2D eigenvalue weighted by Crippen LogP contribution is 2.18. The molecule has 0 aliphatic carbocycles. The number of thioether (sulfide) groups is 1. The molecule has 0 saturated carbocycles. The molecule has 0 radical (unpaired) electrons. The summed E-state index contributed by atoms with van der Waals surface area (Å²) in [4.78, 5) is 31.2. The molecule has 0 unspecified atom stereocenters. The number of para-hydroxylation sites is 1. The van der Waals surface area contributed by atoms with Crippen LogP contribution in [0.1, 0.15) is 25.7 Å². The summed E-state index contributed by atoms with van der Waals surface area (Å²) in [5.41, 5.74) is 0.612. The first-order chi connectivity index (χ1) is 11.2. The number of rotatable bonds is 3. The first kappa shape index (κ1) is 16.1. The van der Waals surface area contributed by atoms with E-state index in [1.54, 1.807) is 13.1 Å². The Bertz CT molecular complexity index is 764. The monoisotopic (exact) mass is 331 g/mol. The molecule has 1 aliphatic rings. The third-order valence-corrected chi connectivity index (χ3v) is 5.24. The highest BCUT2D eigenvalue weighted by Gasteiger charge is 2.17. The number of fused-ring (bicyclic) bond motifs is 1. The predicted molar refractivity (Wildman–Crippen MR) is 92.8 cm³/mol. The van der Waals surface area contributed by atoms with Crippen molar-refractivity contribution in [2.24, 2.45) is 7.05 Å². The quantitative estimate of drug-likeness (QED) is 0.640. The molecule has 122 valence electrons. The molecule has 2 aromatic rings. The van der Waals surface area contributed by atoms with Gasteiger partial charge in [-0.25, -0.2) is 4.98 Å². The molecule has 5 nitrogen and oxygen atoms in total. The lowest BCUT2D eigenvalue weighted by Gasteiger charge is -2.20. The van der Waals surface area contributed by atoms with Gasteiger partial charge in [0.1, 0.15) is 0 Å². The number of benzene rings is 1. The normalized spacial score (nSPS) is 15.6. The lowest BCUT2D eigenvalue weighted by Crippen LogP contribution is -2.33. The average Bonchev–Trinajstić information content (AvgIpc) is 2.86. The summed E-state index contributed by atoms with van der Waals surface area (Å²) in [5, 5.41) is 1.20. The van der Waals surface area contributed by atoms with Crippen LogP contribution in [0.3, 0.4) is 0 Å². The molecule has 1 aromatic heterocycles. The largest absolute Gasteiger partial charge is 0.342 e. The van der Waals surface area contributed by atoms with Gasteiger partial charge in [-0.3, -0.25) is 14.2 Å². The van der Waals surface area contributed by atoms with Crippen LogP contribution in [-0.2, 0) is 11.8 Å². The van der Waals surface area contributed by atoms with Crippen LogP contribution in [-0.4, -0.2) is 39.2 Å². The Morgan fingerprint density at radius 3 is 2.61 bits per heavy atom. The molecule has 1 amide bonds. The minimum absolute atomic E-state index is 0.0691. The van der Waals surface area contributed by atoms with Gasteiger partial charge in [0.05, 0.1) is 16.7 Å². The zero-order valence-corrected chi connectivity index (χ0v) is 14.1. The van der Waals surface area contributed by atoms with Crippen LogP contribution >= 0.6 is 11.8 Å². The van der Waals surface area contributed by atoms with Crippen molar-refractivity contribution in [1.82, 2.24) is 14.5 Å². The fourth-order valence-corrected chi connectivity index (χ4v) is 3.74. The lowest BCUT2D eigenvalue weighted by atomic mass is 10.2. The minimum Gasteiger partial charge on any atom is -0.342 e. The highest BCUT2D eigenvalue weighted by molar-refractivity contribution is 7.99. The number of amides is 1. The molecule has 1 fully saturated rings. The van der Waals surface area contributed by atoms with Gasteiger partial charge < -0.3 is 4.90 Å². The molecule has 1 aliphatic heterocycles. The summed E-state index contributed by atoms with van der Waals surface area (Å²) < 4.78 is 1.53. The molecule has 0 atom stereocenters. The minimum atomic E-state index is -0.0691. The smallest absolute Gasteiger partial charge is 0.261 e. The Kier molecular flexibility index (Phi) is 5.00. The molecule has 6 heteroatoms. The fraction of sp³-hybridized carbons (Fsp3) is 0.471. The molecule has 1 aromatic carbocycles. The molecule has 0 spiro atoms. The fourth-order valence-electron chi connectivity index (χ4n) is 2.86. The molecule has 3 rings (SSSR count). The number of carbonyl (C=O) groups is 1. The van der Waals surface area contributed by atoms with Gasteiger partial charge in [0.2, 0.25) is 5.91 Å². The zero-order valence-electron chi connectivity index (χ0n) is 13.3. The second-order valence-electron chi connectivity index (χ2n) is 5.86. The van der Waals surface area contributed by atoms with E-state index in [0.717, 1.165) is 25.9 Å². The predicted octanol–water partition coefficient (Wildman–Crippen LogP) is 2.43. The summed E-state index contributed by atoms with van der Waals surface area (Å²) in [5.74, 6) is 0.470. The van der Waals surface area contributed by atoms with Crippen molar-refractivity contribution in [3.8, 4) is 0 Å². The molecular formula is C17H21N3O2S. The van der Waals surface area contributed by atoms with E-state index >= 15 is 0 Å². The van der Waals surface area contributed by atoms with Gasteiger partial charge >= 0.3 is 0 Å². The van der Waals surface area contributed by atoms with Crippen molar-refractivity contribution in [3.05, 3.63) is 34.6 Å². The van der Waals surface area contributed by atoms with Gasteiger partial charge in [-0.15, -0.1) is 0 Å². The summed E-state index contributed by atoms with van der Waals surface area (Å²) >= 11 is 1.35. The van der Waals surface area contributed by atoms with Crippen LogP contribution in [0.15, 0.2) is 34.2 Å². The Hall–Kier alpha value is -1.82. The second kappa shape index (κ2) is 7.17. The van der Waals surface area contributed by atoms with Crippen molar-refractivity contribution >= 4 is 28.6 Å². The second-order valence-corrected chi connectivity index (χ2v) is 6.80. The van der Waals surface area contributed by atoms with E-state index in [1.807, 2.05) is 23.1 Å². The van der Waals surface area contributed by atoms with E-state index in [9.17, 15) is 9.59 Å². The topological polar surface area (TPSA) is 55.2 Å². The van der Waals surface area contributed by atoms with Crippen molar-refractivity contribution in [1.29, 1.82) is 0 Å². The van der Waals surface area contributed by atoms with Gasteiger partial charge in [-0.05, 0) is 25.0 Å². The highest BCUT2D eigenvalue weighted by atomic mass is 32.2. The Morgan fingerprint density at radius 1 is 1.17 bits per heavy atom. The molecule has 1 saturated heterocycles. The summed E-state index contributed by atoms with van der Waals surface area (Å²) in [6.07, 6.45) is 4.58. The maximum Gasteiger partial charge on any atom is 0.261 e. The SMILES string of the molecule is Cn1c(SCC(=O)N2CCCCCC2)nc2ccccc2c1=O. The molecule has 23 heavy (non-hydrogen) atoms. The van der Waals surface area contributed by atoms with E-state index in [-0.39, 0.29) is 11.5 Å². The van der Waals surface area contributed by atoms with Gasteiger partial charge in [0, 0.05) is 20.1 Å². The molecule has 2 heterocycles. The maximum atomic E-state index is 12.4. The van der Waals surface area contributed by atoms with Gasteiger partial charge in [0.15, 0.2) is 5.16 Å². The van der Waals surface area contributed by atoms with E-state index in [2.05, 4.69) is 4.98 Å². The first-order valence-corrected chi connectivity index (χ1v) is 9.02. The van der Waals surface area contributed by atoms with Crippen molar-refractivity contribution in [2.45, 2.75) is 30.8 Å². The molecule has 0 bridgehead atoms. The Balaban J connectivity index is 1.75. The summed E-state index contributed by atoms with van der Waals surface area (Å²) in [6, 6.07) is 7.31. The first-order valence-electron chi connectivity index (χ1n) is 8.03. The van der Waals surface area contributed by atoms with Crippen LogP contribution < -0.4 is 5.56 Å². The van der Waals surface area contributed by atoms with Crippen LogP contribution in [0.5, 0.6) is 0 Å². The third kappa shape index (κ3) is 3.58. The van der Waals surface area contributed by atoms with E-state index in [4.69, 9.17) is 0 Å². The van der Waals surface area contributed by atoms with Gasteiger partial charge in [0.25, 0.3) is 5.56 Å². The number of hydrogen-bond donors (Lipinski definition) is 0. The number of likely N-dealkylation sites (tertiary alicyclic amines) is 1. The van der Waals surface area contributed by atoms with Crippen molar-refractivity contribution in [2.75, 3.05) is 18.8 Å². The molecule has 0 N–H and O–H groups in total. The van der Waals surface area contributed by atoms with E-state index in [0.29, 0.717) is 21.8 Å². The van der Waals surface area contributed by atoms with Gasteiger partial charge in [-0.1, -0.05) is 36.7 Å². The number of aromatic nitrogens is 2. The van der Waals surface area contributed by atoms with E-state index < -0.39 is 0 Å². The van der Waals surface area contributed by atoms with Crippen LogP contribution in [0.2, 0.25) is 0 Å². The standard InChI is InChI=1S/C17H21N3O2S/c1-19-16(22)13-8-4-5-9-14(13)18-17(19)23-12-15(21)20-10-6-2-3-7-11-20/h4-5,8-9H,2-3,6-7,10-12H2,1H3. The zero-order chi connectivity index (χ0) is 16.2. The van der Waals surface area contributed by atoms with Crippen LogP contribution in [0, 0.1) is 0 Å². The lowest BCUT2D eigenvalue weighted by molar-refractivity contribution is -0.128. The van der Waals surface area contributed by atoms with Crippen molar-refractivity contribution < 1.29 is 4.79 Å². The Morgan fingerprint density at radius 2 is 1.87 bits per heavy atom.